The van der Waals surface area contributed by atoms with Gasteiger partial charge < -0.3 is 10.1 Å². The van der Waals surface area contributed by atoms with Crippen molar-refractivity contribution in [1.82, 2.24) is 15.0 Å². The molecule has 142 valence electrons. The number of carbonyl (C=O) groups excluding carboxylic acids is 1. The third-order valence-electron chi connectivity index (χ3n) is 4.09. The van der Waals surface area contributed by atoms with Crippen LogP contribution in [0.5, 0.6) is 0 Å². The van der Waals surface area contributed by atoms with Gasteiger partial charge in [0.2, 0.25) is 0 Å². The second-order valence-electron chi connectivity index (χ2n) is 6.13. The molecule has 0 aliphatic carbocycles. The Morgan fingerprint density at radius 3 is 2.79 bits per heavy atom. The van der Waals surface area contributed by atoms with Crippen molar-refractivity contribution in [2.24, 2.45) is 0 Å². The highest BCUT2D eigenvalue weighted by molar-refractivity contribution is 7.16. The summed E-state index contributed by atoms with van der Waals surface area (Å²) in [6.07, 6.45) is 3.36. The van der Waals surface area contributed by atoms with Gasteiger partial charge >= 0.3 is 0 Å². The molecule has 0 spiro atoms. The van der Waals surface area contributed by atoms with E-state index in [2.05, 4.69) is 26.3 Å². The molecule has 0 unspecified atom stereocenters. The van der Waals surface area contributed by atoms with Crippen LogP contribution < -0.4 is 5.32 Å². The number of aromatic nitrogens is 3. The molecule has 0 saturated heterocycles. The highest BCUT2D eigenvalue weighted by Gasteiger charge is 2.13. The summed E-state index contributed by atoms with van der Waals surface area (Å²) in [5, 5.41) is 14.3. The van der Waals surface area contributed by atoms with Crippen LogP contribution in [0.1, 0.15) is 11.1 Å². The van der Waals surface area contributed by atoms with Crippen LogP contribution in [0.25, 0.3) is 21.6 Å². The van der Waals surface area contributed by atoms with Crippen molar-refractivity contribution in [3.05, 3.63) is 71.4 Å². The molecule has 1 amide bonds. The molecular formula is C21H15N5O2S. The Morgan fingerprint density at radius 1 is 1.17 bits per heavy atom. The Morgan fingerprint density at radius 2 is 2.03 bits per heavy atom. The minimum atomic E-state index is -0.304. The summed E-state index contributed by atoms with van der Waals surface area (Å²) in [5.74, 6) is 0.644. The maximum Gasteiger partial charge on any atom is 0.251 e. The van der Waals surface area contributed by atoms with Gasteiger partial charge in [-0.3, -0.25) is 9.78 Å². The highest BCUT2D eigenvalue weighted by Crippen LogP contribution is 2.28. The highest BCUT2D eigenvalue weighted by atomic mass is 32.1. The molecule has 0 aliphatic rings. The summed E-state index contributed by atoms with van der Waals surface area (Å²) in [6.45, 7) is 0.162. The number of amides is 1. The van der Waals surface area contributed by atoms with E-state index in [0.29, 0.717) is 17.2 Å². The van der Waals surface area contributed by atoms with Gasteiger partial charge in [-0.15, -0.1) is 11.3 Å². The van der Waals surface area contributed by atoms with Crippen molar-refractivity contribution in [1.29, 1.82) is 5.26 Å². The third-order valence-corrected chi connectivity index (χ3v) is 4.89. The fraction of sp³-hybridized carbons (Fsp3) is 0.0952. The van der Waals surface area contributed by atoms with Crippen molar-refractivity contribution in [3.63, 3.8) is 0 Å². The van der Waals surface area contributed by atoms with E-state index in [1.54, 1.807) is 36.7 Å². The Bertz CT molecular complexity index is 1180. The number of thiophene rings is 1. The molecule has 3 heterocycles. The Balaban J connectivity index is 1.44. The van der Waals surface area contributed by atoms with E-state index in [4.69, 9.17) is 10.00 Å². The van der Waals surface area contributed by atoms with Gasteiger partial charge in [-0.05, 0) is 41.3 Å². The van der Waals surface area contributed by atoms with Crippen molar-refractivity contribution < 1.29 is 9.53 Å². The van der Waals surface area contributed by atoms with Crippen LogP contribution in [0, 0.1) is 11.3 Å². The van der Waals surface area contributed by atoms with Gasteiger partial charge in [-0.2, -0.15) is 5.26 Å². The molecular weight excluding hydrogens is 386 g/mol. The van der Waals surface area contributed by atoms with E-state index in [-0.39, 0.29) is 19.1 Å². The fourth-order valence-corrected chi connectivity index (χ4v) is 3.44. The average molecular weight is 401 g/mol. The average Bonchev–Trinajstić information content (AvgIpc) is 3.24. The van der Waals surface area contributed by atoms with Gasteiger partial charge in [0, 0.05) is 18.0 Å². The molecule has 4 aromatic rings. The van der Waals surface area contributed by atoms with E-state index in [9.17, 15) is 4.79 Å². The molecule has 0 radical (unpaired) electrons. The lowest BCUT2D eigenvalue weighted by Gasteiger charge is -2.09. The topological polar surface area (TPSA) is 101 Å². The zero-order chi connectivity index (χ0) is 20.1. The quantitative estimate of drug-likeness (QED) is 0.528. The van der Waals surface area contributed by atoms with Crippen LogP contribution >= 0.6 is 11.3 Å². The Hall–Kier alpha value is -3.67. The first kappa shape index (κ1) is 18.7. The van der Waals surface area contributed by atoms with Gasteiger partial charge in [0.15, 0.2) is 5.82 Å². The zero-order valence-corrected chi connectivity index (χ0v) is 16.0. The second kappa shape index (κ2) is 8.56. The molecule has 7 nitrogen and oxygen atoms in total. The molecule has 0 fully saturated rings. The number of hydrogen-bond acceptors (Lipinski definition) is 7. The fourth-order valence-electron chi connectivity index (χ4n) is 2.68. The second-order valence-corrected chi connectivity index (χ2v) is 7.02. The van der Waals surface area contributed by atoms with E-state index in [1.807, 2.05) is 23.6 Å². The van der Waals surface area contributed by atoms with Crippen LogP contribution in [-0.2, 0) is 16.1 Å². The molecule has 1 N–H and O–H groups in total. The molecule has 0 atom stereocenters. The number of pyridine rings is 1. The molecule has 1 aromatic carbocycles. The van der Waals surface area contributed by atoms with Crippen LogP contribution in [0.4, 0.5) is 5.82 Å². The minimum Gasteiger partial charge on any atom is -0.367 e. The predicted octanol–water partition coefficient (Wildman–Crippen LogP) is 3.78. The number of nitrogens with one attached hydrogen (secondary N) is 1. The summed E-state index contributed by atoms with van der Waals surface area (Å²) in [5.41, 5.74) is 2.24. The van der Waals surface area contributed by atoms with Crippen LogP contribution in [0.2, 0.25) is 0 Å². The van der Waals surface area contributed by atoms with E-state index >= 15 is 0 Å². The smallest absolute Gasteiger partial charge is 0.251 e. The molecule has 29 heavy (non-hydrogen) atoms. The maximum absolute atomic E-state index is 12.4. The van der Waals surface area contributed by atoms with Gasteiger partial charge in [-0.25, -0.2) is 9.97 Å². The molecule has 0 saturated carbocycles. The number of carbonyl (C=O) groups is 1. The lowest BCUT2D eigenvalue weighted by Crippen LogP contribution is -2.19. The lowest BCUT2D eigenvalue weighted by molar-refractivity contribution is -0.121. The molecule has 3 aromatic heterocycles. The van der Waals surface area contributed by atoms with Crippen molar-refractivity contribution in [2.45, 2.75) is 6.61 Å². The van der Waals surface area contributed by atoms with Crippen LogP contribution in [0.15, 0.2) is 60.2 Å². The summed E-state index contributed by atoms with van der Waals surface area (Å²) >= 11 is 1.48. The number of benzene rings is 1. The van der Waals surface area contributed by atoms with Crippen molar-refractivity contribution in [2.75, 3.05) is 11.9 Å². The largest absolute Gasteiger partial charge is 0.367 e. The van der Waals surface area contributed by atoms with Crippen molar-refractivity contribution >= 4 is 33.3 Å². The molecule has 8 heteroatoms. The number of nitrogens with zero attached hydrogens (tertiary/aromatic N) is 4. The van der Waals surface area contributed by atoms with Crippen molar-refractivity contribution in [3.8, 4) is 17.5 Å². The van der Waals surface area contributed by atoms with Gasteiger partial charge in [-0.1, -0.05) is 12.1 Å². The molecule has 0 bridgehead atoms. The predicted molar refractivity (Wildman–Crippen MR) is 110 cm³/mol. The first-order valence-electron chi connectivity index (χ1n) is 8.75. The van der Waals surface area contributed by atoms with E-state index in [0.717, 1.165) is 21.3 Å². The number of nitriles is 1. The maximum atomic E-state index is 12.4. The Kier molecular flexibility index (Phi) is 5.52. The number of anilines is 1. The van der Waals surface area contributed by atoms with Crippen LogP contribution in [0.3, 0.4) is 0 Å². The molecule has 4 rings (SSSR count). The number of ether oxygens (including phenoxy) is 1. The number of hydrogen-bond donors (Lipinski definition) is 1. The lowest BCUT2D eigenvalue weighted by atomic mass is 10.2. The normalized spacial score (nSPS) is 10.6. The summed E-state index contributed by atoms with van der Waals surface area (Å²) in [4.78, 5) is 26.3. The number of rotatable bonds is 6. The standard InChI is InChI=1S/C21H15N5O2S/c22-10-14-3-5-15(6-4-14)12-28-13-18(27)24-20-17-7-9-29-21(17)26-19(25-20)16-2-1-8-23-11-16/h1-9,11H,12-13H2,(H,24,25,26,27). The summed E-state index contributed by atoms with van der Waals surface area (Å²) in [6, 6.07) is 14.7. The first-order chi connectivity index (χ1) is 14.2. The monoisotopic (exact) mass is 401 g/mol. The van der Waals surface area contributed by atoms with E-state index in [1.165, 1.54) is 11.3 Å². The molecule has 0 aliphatic heterocycles. The van der Waals surface area contributed by atoms with Gasteiger partial charge in [0.1, 0.15) is 17.3 Å². The SMILES string of the molecule is N#Cc1ccc(COCC(=O)Nc2nc(-c3cccnc3)nc3sccc23)cc1. The summed E-state index contributed by atoms with van der Waals surface area (Å²) in [7, 11) is 0. The Labute approximate surface area is 170 Å². The first-order valence-corrected chi connectivity index (χ1v) is 9.63. The van der Waals surface area contributed by atoms with Gasteiger partial charge in [0.25, 0.3) is 5.91 Å². The summed E-state index contributed by atoms with van der Waals surface area (Å²) < 4.78 is 5.49. The zero-order valence-electron chi connectivity index (χ0n) is 15.2. The minimum absolute atomic E-state index is 0.113. The number of fused-ring (bicyclic) bond motifs is 1. The van der Waals surface area contributed by atoms with Gasteiger partial charge in [0.05, 0.1) is 23.6 Å². The van der Waals surface area contributed by atoms with E-state index < -0.39 is 0 Å². The third kappa shape index (κ3) is 4.43. The van der Waals surface area contributed by atoms with Crippen LogP contribution in [-0.4, -0.2) is 27.5 Å².